The van der Waals surface area contributed by atoms with Crippen molar-refractivity contribution >= 4 is 5.71 Å². The number of hydrogen-bond acceptors (Lipinski definition) is 4. The average molecular weight is 370 g/mol. The lowest BCUT2D eigenvalue weighted by Gasteiger charge is -2.38. The fourth-order valence-electron chi connectivity index (χ4n) is 3.96. The highest BCUT2D eigenvalue weighted by molar-refractivity contribution is 6.02. The van der Waals surface area contributed by atoms with Crippen molar-refractivity contribution in [3.05, 3.63) is 95.6 Å². The van der Waals surface area contributed by atoms with Gasteiger partial charge in [0.25, 0.3) is 0 Å². The van der Waals surface area contributed by atoms with Crippen molar-refractivity contribution in [1.29, 1.82) is 0 Å². The van der Waals surface area contributed by atoms with E-state index in [9.17, 15) is 0 Å². The van der Waals surface area contributed by atoms with E-state index in [4.69, 9.17) is 14.6 Å². The van der Waals surface area contributed by atoms with Crippen molar-refractivity contribution in [2.75, 3.05) is 6.61 Å². The van der Waals surface area contributed by atoms with Gasteiger partial charge in [-0.2, -0.15) is 5.10 Å². The first-order chi connectivity index (χ1) is 13.8. The van der Waals surface area contributed by atoms with Crippen molar-refractivity contribution < 1.29 is 9.47 Å². The Labute approximate surface area is 165 Å². The third-order valence-corrected chi connectivity index (χ3v) is 5.28. The fourth-order valence-corrected chi connectivity index (χ4v) is 3.96. The van der Waals surface area contributed by atoms with Gasteiger partial charge in [0.2, 0.25) is 6.23 Å². The van der Waals surface area contributed by atoms with E-state index in [0.717, 1.165) is 34.8 Å². The predicted octanol–water partition coefficient (Wildman–Crippen LogP) is 5.33. The molecule has 4 nitrogen and oxygen atoms in total. The third kappa shape index (κ3) is 2.91. The largest absolute Gasteiger partial charge is 0.494 e. The van der Waals surface area contributed by atoms with Crippen molar-refractivity contribution in [2.45, 2.75) is 25.6 Å². The number of para-hydroxylation sites is 1. The molecular weight excluding hydrogens is 348 g/mol. The van der Waals surface area contributed by atoms with Gasteiger partial charge in [0.1, 0.15) is 11.5 Å². The summed E-state index contributed by atoms with van der Waals surface area (Å²) in [6.07, 6.45) is 0.638. The second-order valence-corrected chi connectivity index (χ2v) is 7.02. The molecule has 2 unspecified atom stereocenters. The SMILES string of the molecule is CCOc1ccc(C2=NN3C(C2)c2ccccc2OC3c2ccccc2)cc1. The van der Waals surface area contributed by atoms with Crippen LogP contribution in [0.3, 0.4) is 0 Å². The van der Waals surface area contributed by atoms with E-state index in [-0.39, 0.29) is 12.3 Å². The van der Waals surface area contributed by atoms with E-state index in [1.54, 1.807) is 0 Å². The van der Waals surface area contributed by atoms with E-state index < -0.39 is 0 Å². The summed E-state index contributed by atoms with van der Waals surface area (Å²) in [4.78, 5) is 0. The highest BCUT2D eigenvalue weighted by Gasteiger charge is 2.40. The van der Waals surface area contributed by atoms with Gasteiger partial charge < -0.3 is 9.47 Å². The van der Waals surface area contributed by atoms with E-state index in [0.29, 0.717) is 6.61 Å². The number of hydrogen-bond donors (Lipinski definition) is 0. The Morgan fingerprint density at radius 1 is 0.964 bits per heavy atom. The van der Waals surface area contributed by atoms with Gasteiger partial charge in [-0.3, -0.25) is 0 Å². The molecule has 0 aromatic heterocycles. The van der Waals surface area contributed by atoms with Crippen molar-refractivity contribution in [3.63, 3.8) is 0 Å². The second-order valence-electron chi connectivity index (χ2n) is 7.02. The topological polar surface area (TPSA) is 34.1 Å². The molecular formula is C24H22N2O2. The molecule has 2 atom stereocenters. The number of ether oxygens (including phenoxy) is 2. The summed E-state index contributed by atoms with van der Waals surface area (Å²) in [5.41, 5.74) is 4.51. The molecule has 2 aliphatic heterocycles. The summed E-state index contributed by atoms with van der Waals surface area (Å²) in [5.74, 6) is 1.83. The lowest BCUT2D eigenvalue weighted by molar-refractivity contribution is -0.0190. The van der Waals surface area contributed by atoms with E-state index in [2.05, 4.69) is 47.5 Å². The van der Waals surface area contributed by atoms with E-state index >= 15 is 0 Å². The highest BCUT2D eigenvalue weighted by Crippen LogP contribution is 2.47. The number of hydrazone groups is 1. The number of fused-ring (bicyclic) bond motifs is 3. The summed E-state index contributed by atoms with van der Waals surface area (Å²) in [6, 6.07) is 27.0. The molecule has 5 rings (SSSR count). The Kier molecular flexibility index (Phi) is 4.24. The molecule has 2 aliphatic rings. The first-order valence-corrected chi connectivity index (χ1v) is 9.73. The smallest absolute Gasteiger partial charge is 0.213 e. The summed E-state index contributed by atoms with van der Waals surface area (Å²) in [7, 11) is 0. The normalized spacial score (nSPS) is 20.0. The molecule has 28 heavy (non-hydrogen) atoms. The van der Waals surface area contributed by atoms with Crippen LogP contribution in [0.4, 0.5) is 0 Å². The van der Waals surface area contributed by atoms with Crippen LogP contribution in [0.15, 0.2) is 84.0 Å². The molecule has 0 saturated heterocycles. The minimum atomic E-state index is -0.221. The van der Waals surface area contributed by atoms with Crippen molar-refractivity contribution in [3.8, 4) is 11.5 Å². The summed E-state index contributed by atoms with van der Waals surface area (Å²) >= 11 is 0. The van der Waals surface area contributed by atoms with E-state index in [1.807, 2.05) is 43.3 Å². The Morgan fingerprint density at radius 3 is 2.50 bits per heavy atom. The van der Waals surface area contributed by atoms with Gasteiger partial charge in [-0.05, 0) is 42.8 Å². The summed E-state index contributed by atoms with van der Waals surface area (Å²) in [6.45, 7) is 2.66. The van der Waals surface area contributed by atoms with Crippen LogP contribution in [0, 0.1) is 0 Å². The maximum Gasteiger partial charge on any atom is 0.213 e. The molecule has 3 aromatic rings. The first kappa shape index (κ1) is 16.9. The van der Waals surface area contributed by atoms with Crippen LogP contribution in [0.2, 0.25) is 0 Å². The summed E-state index contributed by atoms with van der Waals surface area (Å²) < 4.78 is 11.9. The average Bonchev–Trinajstić information content (AvgIpc) is 3.20. The predicted molar refractivity (Wildman–Crippen MR) is 110 cm³/mol. The monoisotopic (exact) mass is 370 g/mol. The van der Waals surface area contributed by atoms with Crippen molar-refractivity contribution in [2.24, 2.45) is 5.10 Å². The molecule has 140 valence electrons. The molecule has 0 amide bonds. The molecule has 4 heteroatoms. The van der Waals surface area contributed by atoms with Gasteiger partial charge in [0.15, 0.2) is 0 Å². The fraction of sp³-hybridized carbons (Fsp3) is 0.208. The Hall–Kier alpha value is -3.27. The zero-order valence-corrected chi connectivity index (χ0v) is 15.8. The molecule has 0 aliphatic carbocycles. The third-order valence-electron chi connectivity index (χ3n) is 5.28. The highest BCUT2D eigenvalue weighted by atomic mass is 16.5. The van der Waals surface area contributed by atoms with Crippen LogP contribution in [-0.2, 0) is 0 Å². The second kappa shape index (κ2) is 7.04. The Bertz CT molecular complexity index is 999. The number of nitrogens with zero attached hydrogens (tertiary/aromatic N) is 2. The quantitative estimate of drug-likeness (QED) is 0.623. The first-order valence-electron chi connectivity index (χ1n) is 9.73. The van der Waals surface area contributed by atoms with E-state index in [1.165, 1.54) is 5.56 Å². The Balaban J connectivity index is 1.53. The van der Waals surface area contributed by atoms with Gasteiger partial charge in [-0.1, -0.05) is 48.5 Å². The van der Waals surface area contributed by atoms with Gasteiger partial charge in [-0.15, -0.1) is 0 Å². The van der Waals surface area contributed by atoms with Crippen LogP contribution in [0.1, 0.15) is 42.3 Å². The lowest BCUT2D eigenvalue weighted by Crippen LogP contribution is -2.33. The maximum atomic E-state index is 6.37. The minimum Gasteiger partial charge on any atom is -0.494 e. The number of benzene rings is 3. The molecule has 0 N–H and O–H groups in total. The van der Waals surface area contributed by atoms with Crippen LogP contribution >= 0.6 is 0 Å². The minimum absolute atomic E-state index is 0.178. The Morgan fingerprint density at radius 2 is 1.71 bits per heavy atom. The zero-order valence-electron chi connectivity index (χ0n) is 15.8. The van der Waals surface area contributed by atoms with Crippen LogP contribution < -0.4 is 9.47 Å². The molecule has 0 saturated carbocycles. The number of rotatable bonds is 4. The summed E-state index contributed by atoms with van der Waals surface area (Å²) in [5, 5.41) is 7.11. The van der Waals surface area contributed by atoms with Gasteiger partial charge in [0.05, 0.1) is 18.4 Å². The maximum absolute atomic E-state index is 6.37. The lowest BCUT2D eigenvalue weighted by atomic mass is 9.96. The molecule has 0 fully saturated rings. The van der Waals surface area contributed by atoms with Gasteiger partial charge in [-0.25, -0.2) is 5.01 Å². The molecule has 2 heterocycles. The van der Waals surface area contributed by atoms with Crippen molar-refractivity contribution in [1.82, 2.24) is 5.01 Å². The van der Waals surface area contributed by atoms with Crippen LogP contribution in [-0.4, -0.2) is 17.3 Å². The standard InChI is InChI=1S/C24H22N2O2/c1-2-27-19-14-12-17(13-15-19)21-16-22-20-10-6-7-11-23(20)28-24(26(22)25-21)18-8-4-3-5-9-18/h3-15,22,24H,2,16H2,1H3. The van der Waals surface area contributed by atoms with Gasteiger partial charge >= 0.3 is 0 Å². The molecule has 3 aromatic carbocycles. The van der Waals surface area contributed by atoms with Crippen LogP contribution in [0.25, 0.3) is 0 Å². The van der Waals surface area contributed by atoms with Gasteiger partial charge in [0, 0.05) is 17.5 Å². The van der Waals surface area contributed by atoms with Crippen LogP contribution in [0.5, 0.6) is 11.5 Å². The molecule has 0 spiro atoms. The zero-order chi connectivity index (χ0) is 18.9. The molecule has 0 bridgehead atoms. The molecule has 0 radical (unpaired) electrons.